The Bertz CT molecular complexity index is 750. The van der Waals surface area contributed by atoms with E-state index in [1.54, 1.807) is 14.2 Å². The number of methoxy groups -OCH3 is 2. The average molecular weight is 318 g/mol. The summed E-state index contributed by atoms with van der Waals surface area (Å²) in [6.45, 7) is 0.649. The number of hydrogen-bond donors (Lipinski definition) is 0. The van der Waals surface area contributed by atoms with E-state index in [0.717, 1.165) is 0 Å². The molecule has 24 heavy (non-hydrogen) atoms. The highest BCUT2D eigenvalue weighted by molar-refractivity contribution is 5.77. The largest absolute Gasteiger partial charge is 0.380 e. The minimum atomic E-state index is 0.0450. The third kappa shape index (κ3) is 3.91. The van der Waals surface area contributed by atoms with Gasteiger partial charge in [0.15, 0.2) is 0 Å². The lowest BCUT2D eigenvalue weighted by molar-refractivity contribution is 0.178. The van der Waals surface area contributed by atoms with Crippen LogP contribution in [-0.2, 0) is 16.1 Å². The summed E-state index contributed by atoms with van der Waals surface area (Å²) in [5.74, 6) is 0. The van der Waals surface area contributed by atoms with Crippen molar-refractivity contribution < 1.29 is 9.47 Å². The number of allylic oxidation sites excluding steroid dienone is 4. The van der Waals surface area contributed by atoms with E-state index in [1.807, 2.05) is 12.2 Å². The Balaban J connectivity index is 1.78. The van der Waals surface area contributed by atoms with Crippen molar-refractivity contribution in [2.45, 2.75) is 12.7 Å². The third-order valence-electron chi connectivity index (χ3n) is 4.13. The molecule has 2 nitrogen and oxygen atoms in total. The molecule has 0 N–H and O–H groups in total. The van der Waals surface area contributed by atoms with Crippen molar-refractivity contribution >= 4 is 5.57 Å². The Kier molecular flexibility index (Phi) is 5.42. The second-order valence-electron chi connectivity index (χ2n) is 5.77. The first-order chi connectivity index (χ1) is 11.8. The van der Waals surface area contributed by atoms with Crippen LogP contribution in [0.25, 0.3) is 16.7 Å². The van der Waals surface area contributed by atoms with E-state index in [0.29, 0.717) is 6.61 Å². The highest BCUT2D eigenvalue weighted by atomic mass is 16.5. The van der Waals surface area contributed by atoms with Crippen molar-refractivity contribution in [2.24, 2.45) is 0 Å². The van der Waals surface area contributed by atoms with E-state index in [2.05, 4.69) is 66.8 Å². The SMILES string of the molecule is COCc1ccc(-c2ccc(C3=CC=CC(OC)C=C3)cc2)cc1. The van der Waals surface area contributed by atoms with Gasteiger partial charge in [-0.2, -0.15) is 0 Å². The molecule has 2 aromatic carbocycles. The Hall–Kier alpha value is -2.42. The normalized spacial score (nSPS) is 16.8. The Labute approximate surface area is 143 Å². The molecule has 0 saturated carbocycles. The van der Waals surface area contributed by atoms with Gasteiger partial charge in [0, 0.05) is 14.2 Å². The molecule has 0 amide bonds. The minimum absolute atomic E-state index is 0.0450. The lowest BCUT2D eigenvalue weighted by Crippen LogP contribution is -2.00. The smallest absolute Gasteiger partial charge is 0.0940 e. The summed E-state index contributed by atoms with van der Waals surface area (Å²) in [7, 11) is 3.43. The maximum absolute atomic E-state index is 5.34. The van der Waals surface area contributed by atoms with Crippen molar-refractivity contribution in [1.29, 1.82) is 0 Å². The fraction of sp³-hybridized carbons (Fsp3) is 0.182. The standard InChI is InChI=1S/C22H22O2/c1-23-16-17-6-8-19(9-7-17)21-12-10-20(11-13-21)18-4-3-5-22(24-2)15-14-18/h3-15,22H,16H2,1-2H3. The molecule has 0 radical (unpaired) electrons. The summed E-state index contributed by atoms with van der Waals surface area (Å²) in [5, 5.41) is 0. The topological polar surface area (TPSA) is 18.5 Å². The van der Waals surface area contributed by atoms with Crippen LogP contribution >= 0.6 is 0 Å². The van der Waals surface area contributed by atoms with E-state index in [4.69, 9.17) is 9.47 Å². The molecule has 2 heteroatoms. The highest BCUT2D eigenvalue weighted by Crippen LogP contribution is 2.24. The van der Waals surface area contributed by atoms with Crippen LogP contribution in [0.3, 0.4) is 0 Å². The number of ether oxygens (including phenoxy) is 2. The molecular formula is C22H22O2. The fourth-order valence-electron chi connectivity index (χ4n) is 2.75. The first kappa shape index (κ1) is 16.4. The molecule has 0 fully saturated rings. The fourth-order valence-corrected chi connectivity index (χ4v) is 2.75. The first-order valence-electron chi connectivity index (χ1n) is 8.08. The molecule has 122 valence electrons. The monoisotopic (exact) mass is 318 g/mol. The van der Waals surface area contributed by atoms with Crippen molar-refractivity contribution in [2.75, 3.05) is 14.2 Å². The summed E-state index contributed by atoms with van der Waals surface area (Å²) in [4.78, 5) is 0. The van der Waals surface area contributed by atoms with Gasteiger partial charge in [-0.15, -0.1) is 0 Å². The van der Waals surface area contributed by atoms with E-state index < -0.39 is 0 Å². The predicted octanol–water partition coefficient (Wildman–Crippen LogP) is 5.02. The van der Waals surface area contributed by atoms with Crippen LogP contribution in [0.5, 0.6) is 0 Å². The van der Waals surface area contributed by atoms with E-state index in [9.17, 15) is 0 Å². The van der Waals surface area contributed by atoms with Crippen LogP contribution in [0.4, 0.5) is 0 Å². The molecule has 2 aromatic rings. The summed E-state index contributed by atoms with van der Waals surface area (Å²) in [6.07, 6.45) is 10.4. The minimum Gasteiger partial charge on any atom is -0.380 e. The first-order valence-corrected chi connectivity index (χ1v) is 8.08. The Morgan fingerprint density at radius 1 is 0.792 bits per heavy atom. The zero-order valence-electron chi connectivity index (χ0n) is 14.1. The van der Waals surface area contributed by atoms with Gasteiger partial charge in [0.05, 0.1) is 12.7 Å². The van der Waals surface area contributed by atoms with Crippen molar-refractivity contribution in [3.8, 4) is 11.1 Å². The van der Waals surface area contributed by atoms with Crippen LogP contribution < -0.4 is 0 Å². The molecule has 0 spiro atoms. The Morgan fingerprint density at radius 3 is 2.04 bits per heavy atom. The lowest BCUT2D eigenvalue weighted by atomic mass is 9.99. The molecular weight excluding hydrogens is 296 g/mol. The summed E-state index contributed by atoms with van der Waals surface area (Å²) in [5.41, 5.74) is 6.00. The second kappa shape index (κ2) is 7.91. The predicted molar refractivity (Wildman–Crippen MR) is 99.6 cm³/mol. The van der Waals surface area contributed by atoms with Crippen LogP contribution in [0.15, 0.2) is 78.9 Å². The molecule has 1 unspecified atom stereocenters. The molecule has 0 heterocycles. The summed E-state index contributed by atoms with van der Waals surface area (Å²) in [6, 6.07) is 17.2. The van der Waals surface area contributed by atoms with Gasteiger partial charge < -0.3 is 9.47 Å². The maximum Gasteiger partial charge on any atom is 0.0940 e. The van der Waals surface area contributed by atoms with Crippen LogP contribution in [0.1, 0.15) is 11.1 Å². The van der Waals surface area contributed by atoms with Crippen molar-refractivity contribution in [3.05, 3.63) is 90.0 Å². The van der Waals surface area contributed by atoms with Gasteiger partial charge in [0.2, 0.25) is 0 Å². The van der Waals surface area contributed by atoms with Gasteiger partial charge >= 0.3 is 0 Å². The van der Waals surface area contributed by atoms with Crippen LogP contribution in [0, 0.1) is 0 Å². The number of benzene rings is 2. The molecule has 1 aliphatic carbocycles. The highest BCUT2D eigenvalue weighted by Gasteiger charge is 2.04. The van der Waals surface area contributed by atoms with Gasteiger partial charge in [-0.25, -0.2) is 0 Å². The van der Waals surface area contributed by atoms with Crippen LogP contribution in [-0.4, -0.2) is 20.3 Å². The Morgan fingerprint density at radius 2 is 1.42 bits per heavy atom. The van der Waals surface area contributed by atoms with Gasteiger partial charge in [-0.3, -0.25) is 0 Å². The van der Waals surface area contributed by atoms with E-state index in [-0.39, 0.29) is 6.10 Å². The second-order valence-corrected chi connectivity index (χ2v) is 5.77. The van der Waals surface area contributed by atoms with E-state index >= 15 is 0 Å². The van der Waals surface area contributed by atoms with Crippen LogP contribution in [0.2, 0.25) is 0 Å². The van der Waals surface area contributed by atoms with E-state index in [1.165, 1.54) is 27.8 Å². The summed E-state index contributed by atoms with van der Waals surface area (Å²) < 4.78 is 10.5. The lowest BCUT2D eigenvalue weighted by Gasteiger charge is -2.07. The van der Waals surface area contributed by atoms with Gasteiger partial charge in [-0.05, 0) is 27.8 Å². The molecule has 1 atom stereocenters. The van der Waals surface area contributed by atoms with Crippen molar-refractivity contribution in [3.63, 3.8) is 0 Å². The molecule has 0 bridgehead atoms. The van der Waals surface area contributed by atoms with Gasteiger partial charge in [0.25, 0.3) is 0 Å². The quantitative estimate of drug-likeness (QED) is 0.770. The van der Waals surface area contributed by atoms with Gasteiger partial charge in [0.1, 0.15) is 0 Å². The zero-order chi connectivity index (χ0) is 16.8. The maximum atomic E-state index is 5.34. The molecule has 3 rings (SSSR count). The molecule has 0 saturated heterocycles. The zero-order valence-corrected chi connectivity index (χ0v) is 14.1. The van der Waals surface area contributed by atoms with Crippen molar-refractivity contribution in [1.82, 2.24) is 0 Å². The molecule has 1 aliphatic rings. The summed E-state index contributed by atoms with van der Waals surface area (Å²) >= 11 is 0. The molecule has 0 aliphatic heterocycles. The number of hydrogen-bond acceptors (Lipinski definition) is 2. The average Bonchev–Trinajstić information content (AvgIpc) is 2.88. The molecule has 0 aromatic heterocycles. The third-order valence-corrected chi connectivity index (χ3v) is 4.13. The van der Waals surface area contributed by atoms with Gasteiger partial charge in [-0.1, -0.05) is 78.9 Å². The number of rotatable bonds is 5.